The van der Waals surface area contributed by atoms with Gasteiger partial charge in [-0.25, -0.2) is 5.48 Å². The van der Waals surface area contributed by atoms with Crippen molar-refractivity contribution >= 4 is 23.2 Å². The van der Waals surface area contributed by atoms with Crippen LogP contribution >= 0.6 is 0 Å². The van der Waals surface area contributed by atoms with Crippen LogP contribution in [0.1, 0.15) is 22.3 Å². The smallest absolute Gasteiger partial charge is 0.274 e. The number of carbonyl (C=O) groups excluding carboxylic acids is 2. The Labute approximate surface area is 133 Å². The minimum Gasteiger partial charge on any atom is -0.365 e. The van der Waals surface area contributed by atoms with Crippen LogP contribution in [-0.2, 0) is 11.3 Å². The van der Waals surface area contributed by atoms with Crippen LogP contribution in [0.5, 0.6) is 0 Å². The molecule has 0 spiro atoms. The van der Waals surface area contributed by atoms with Crippen molar-refractivity contribution < 1.29 is 14.8 Å². The standard InChI is InChI=1S/C17H17N3O3/c21-16-9-10-20(15-4-2-1-3-14(15)18-16)11-12-5-7-13(8-6-12)17(22)19-23/h1-8,23H,9-11H2,(H,18,21)(H,19,22). The molecule has 0 atom stereocenters. The molecule has 0 aromatic heterocycles. The third-order valence-corrected chi connectivity index (χ3v) is 3.82. The van der Waals surface area contributed by atoms with Crippen molar-refractivity contribution in [1.82, 2.24) is 5.48 Å². The first-order valence-electron chi connectivity index (χ1n) is 7.34. The summed E-state index contributed by atoms with van der Waals surface area (Å²) in [5.74, 6) is -0.527. The highest BCUT2D eigenvalue weighted by Gasteiger charge is 2.18. The van der Waals surface area contributed by atoms with Crippen LogP contribution in [0.2, 0.25) is 0 Å². The summed E-state index contributed by atoms with van der Waals surface area (Å²) < 4.78 is 0. The highest BCUT2D eigenvalue weighted by molar-refractivity contribution is 5.96. The van der Waals surface area contributed by atoms with Crippen LogP contribution in [0.15, 0.2) is 48.5 Å². The normalized spacial score (nSPS) is 13.8. The Kier molecular flexibility index (Phi) is 4.25. The highest BCUT2D eigenvalue weighted by atomic mass is 16.5. The van der Waals surface area contributed by atoms with Crippen molar-refractivity contribution in [2.75, 3.05) is 16.8 Å². The SMILES string of the molecule is O=C1CCN(Cc2ccc(C(=O)NO)cc2)c2ccccc2N1. The quantitative estimate of drug-likeness (QED) is 0.599. The van der Waals surface area contributed by atoms with Crippen LogP contribution in [0, 0.1) is 0 Å². The first-order chi connectivity index (χ1) is 11.2. The predicted molar refractivity (Wildman–Crippen MR) is 86.4 cm³/mol. The van der Waals surface area contributed by atoms with E-state index in [1.165, 1.54) is 0 Å². The lowest BCUT2D eigenvalue weighted by atomic mass is 10.1. The van der Waals surface area contributed by atoms with Crippen LogP contribution < -0.4 is 15.7 Å². The van der Waals surface area contributed by atoms with Crippen molar-refractivity contribution in [2.24, 2.45) is 0 Å². The summed E-state index contributed by atoms with van der Waals surface area (Å²) in [5, 5.41) is 11.5. The van der Waals surface area contributed by atoms with Gasteiger partial charge in [-0.2, -0.15) is 0 Å². The number of rotatable bonds is 3. The zero-order chi connectivity index (χ0) is 16.2. The molecule has 6 heteroatoms. The molecule has 23 heavy (non-hydrogen) atoms. The fourth-order valence-electron chi connectivity index (χ4n) is 2.64. The average Bonchev–Trinajstić information content (AvgIpc) is 2.74. The summed E-state index contributed by atoms with van der Waals surface area (Å²) in [4.78, 5) is 25.3. The number of carbonyl (C=O) groups is 2. The molecule has 2 aromatic rings. The molecule has 0 saturated heterocycles. The van der Waals surface area contributed by atoms with Crippen molar-refractivity contribution in [3.8, 4) is 0 Å². The molecule has 0 unspecified atom stereocenters. The maximum Gasteiger partial charge on any atom is 0.274 e. The number of hydrogen-bond donors (Lipinski definition) is 3. The van der Waals surface area contributed by atoms with Gasteiger partial charge in [-0.1, -0.05) is 24.3 Å². The molecule has 2 amide bonds. The molecule has 0 aliphatic carbocycles. The summed E-state index contributed by atoms with van der Waals surface area (Å²) in [6.07, 6.45) is 0.430. The second-order valence-electron chi connectivity index (χ2n) is 5.37. The number of para-hydroxylation sites is 2. The number of anilines is 2. The van der Waals surface area contributed by atoms with E-state index in [0.717, 1.165) is 16.9 Å². The summed E-state index contributed by atoms with van der Waals surface area (Å²) in [5.41, 5.74) is 4.82. The summed E-state index contributed by atoms with van der Waals surface area (Å²) in [6.45, 7) is 1.26. The molecule has 3 rings (SSSR count). The molecule has 0 saturated carbocycles. The summed E-state index contributed by atoms with van der Waals surface area (Å²) in [6, 6.07) is 14.7. The Balaban J connectivity index is 1.82. The second-order valence-corrected chi connectivity index (χ2v) is 5.37. The lowest BCUT2D eigenvalue weighted by molar-refractivity contribution is -0.115. The molecule has 118 valence electrons. The van der Waals surface area contributed by atoms with Crippen molar-refractivity contribution in [3.63, 3.8) is 0 Å². The van der Waals surface area contributed by atoms with Gasteiger partial charge in [-0.05, 0) is 29.8 Å². The lowest BCUT2D eigenvalue weighted by Crippen LogP contribution is -2.24. The maximum atomic E-state index is 11.8. The predicted octanol–water partition coefficient (Wildman–Crippen LogP) is 2.15. The van der Waals surface area contributed by atoms with Crippen LogP contribution in [-0.4, -0.2) is 23.6 Å². The monoisotopic (exact) mass is 311 g/mol. The molecule has 3 N–H and O–H groups in total. The molecule has 1 aliphatic rings. The van der Waals surface area contributed by atoms with E-state index in [4.69, 9.17) is 5.21 Å². The van der Waals surface area contributed by atoms with Gasteiger partial charge in [0.1, 0.15) is 0 Å². The Morgan fingerprint density at radius 2 is 1.91 bits per heavy atom. The number of fused-ring (bicyclic) bond motifs is 1. The minimum absolute atomic E-state index is 0.00918. The van der Waals surface area contributed by atoms with Crippen LogP contribution in [0.25, 0.3) is 0 Å². The van der Waals surface area contributed by atoms with E-state index in [-0.39, 0.29) is 5.91 Å². The fourth-order valence-corrected chi connectivity index (χ4v) is 2.64. The van der Waals surface area contributed by atoms with E-state index < -0.39 is 5.91 Å². The van der Waals surface area contributed by atoms with Gasteiger partial charge in [0, 0.05) is 25.1 Å². The molecule has 2 aromatic carbocycles. The minimum atomic E-state index is -0.536. The van der Waals surface area contributed by atoms with Gasteiger partial charge in [-0.3, -0.25) is 14.8 Å². The Morgan fingerprint density at radius 3 is 2.65 bits per heavy atom. The van der Waals surface area contributed by atoms with Crippen molar-refractivity contribution in [3.05, 3.63) is 59.7 Å². The molecule has 0 radical (unpaired) electrons. The van der Waals surface area contributed by atoms with Crippen LogP contribution in [0.3, 0.4) is 0 Å². The third kappa shape index (κ3) is 3.32. The molecular weight excluding hydrogens is 294 g/mol. The Bertz CT molecular complexity index is 728. The van der Waals surface area contributed by atoms with Crippen molar-refractivity contribution in [1.29, 1.82) is 0 Å². The number of hydrogen-bond acceptors (Lipinski definition) is 4. The molecular formula is C17H17N3O3. The summed E-state index contributed by atoms with van der Waals surface area (Å²) >= 11 is 0. The molecule has 6 nitrogen and oxygen atoms in total. The molecule has 0 bridgehead atoms. The number of amides is 2. The zero-order valence-corrected chi connectivity index (χ0v) is 12.5. The van der Waals surface area contributed by atoms with Gasteiger partial charge in [0.05, 0.1) is 11.4 Å². The van der Waals surface area contributed by atoms with Crippen molar-refractivity contribution in [2.45, 2.75) is 13.0 Å². The van der Waals surface area contributed by atoms with Gasteiger partial charge in [-0.15, -0.1) is 0 Å². The van der Waals surface area contributed by atoms with E-state index >= 15 is 0 Å². The maximum absolute atomic E-state index is 11.8. The average molecular weight is 311 g/mol. The first-order valence-corrected chi connectivity index (χ1v) is 7.34. The third-order valence-electron chi connectivity index (χ3n) is 3.82. The fraction of sp³-hybridized carbons (Fsp3) is 0.176. The lowest BCUT2D eigenvalue weighted by Gasteiger charge is -2.24. The topological polar surface area (TPSA) is 81.7 Å². The Hall–Kier alpha value is -2.86. The van der Waals surface area contributed by atoms with E-state index in [2.05, 4.69) is 10.2 Å². The van der Waals surface area contributed by atoms with Gasteiger partial charge in [0.2, 0.25) is 5.91 Å². The largest absolute Gasteiger partial charge is 0.365 e. The number of benzene rings is 2. The zero-order valence-electron chi connectivity index (χ0n) is 12.5. The second kappa shape index (κ2) is 6.50. The van der Waals surface area contributed by atoms with Gasteiger partial charge in [0.25, 0.3) is 5.91 Å². The molecule has 1 aliphatic heterocycles. The van der Waals surface area contributed by atoms with E-state index in [1.54, 1.807) is 17.6 Å². The van der Waals surface area contributed by atoms with Crippen LogP contribution in [0.4, 0.5) is 11.4 Å². The van der Waals surface area contributed by atoms with E-state index in [1.807, 2.05) is 36.4 Å². The van der Waals surface area contributed by atoms with Gasteiger partial charge < -0.3 is 10.2 Å². The van der Waals surface area contributed by atoms with E-state index in [9.17, 15) is 9.59 Å². The van der Waals surface area contributed by atoms with E-state index in [0.29, 0.717) is 25.1 Å². The summed E-state index contributed by atoms with van der Waals surface area (Å²) in [7, 11) is 0. The number of hydroxylamine groups is 1. The first kappa shape index (κ1) is 15.1. The Morgan fingerprint density at radius 1 is 1.17 bits per heavy atom. The molecule has 0 fully saturated rings. The van der Waals surface area contributed by atoms with Gasteiger partial charge in [0.15, 0.2) is 0 Å². The number of nitrogens with zero attached hydrogens (tertiary/aromatic N) is 1. The highest BCUT2D eigenvalue weighted by Crippen LogP contribution is 2.29. The van der Waals surface area contributed by atoms with Gasteiger partial charge >= 0.3 is 0 Å². The number of nitrogens with one attached hydrogen (secondary N) is 2. The molecule has 1 heterocycles.